The molecule has 2 aliphatic rings. The predicted molar refractivity (Wildman–Crippen MR) is 99.8 cm³/mol. The van der Waals surface area contributed by atoms with Crippen LogP contribution in [-0.2, 0) is 9.59 Å². The Kier molecular flexibility index (Phi) is 5.23. The van der Waals surface area contributed by atoms with Crippen LogP contribution < -0.4 is 10.2 Å². The van der Waals surface area contributed by atoms with Crippen LogP contribution in [0.1, 0.15) is 33.1 Å². The van der Waals surface area contributed by atoms with E-state index in [-0.39, 0.29) is 17.9 Å². The minimum absolute atomic E-state index is 0.000882. The average Bonchev–Trinajstić information content (AvgIpc) is 3.43. The van der Waals surface area contributed by atoms with E-state index in [4.69, 9.17) is 11.6 Å². The molecule has 1 saturated heterocycles. The van der Waals surface area contributed by atoms with Crippen molar-refractivity contribution in [2.45, 2.75) is 39.2 Å². The number of hydrogen-bond acceptors (Lipinski definition) is 3. The number of carbonyl (C=O) groups excluding carboxylic acids is 2. The van der Waals surface area contributed by atoms with E-state index >= 15 is 0 Å². The van der Waals surface area contributed by atoms with Crippen LogP contribution in [0.3, 0.4) is 0 Å². The SMILES string of the molecule is CCC(C)NC(=O)C1(C(=O)N2CCN(c3cccc(Cl)c3)CC2)CC1. The fourth-order valence-corrected chi connectivity index (χ4v) is 3.45. The van der Waals surface area contributed by atoms with E-state index in [1.165, 1.54) is 0 Å². The normalized spacial score (nSPS) is 20.1. The molecule has 1 unspecified atom stereocenters. The Labute approximate surface area is 154 Å². The molecule has 1 aromatic carbocycles. The summed E-state index contributed by atoms with van der Waals surface area (Å²) in [6.07, 6.45) is 2.21. The van der Waals surface area contributed by atoms with Gasteiger partial charge in [-0.25, -0.2) is 0 Å². The standard InChI is InChI=1S/C19H26ClN3O2/c1-3-14(2)21-17(24)19(7-8-19)18(25)23-11-9-22(10-12-23)16-6-4-5-15(20)13-16/h4-6,13-14H,3,7-12H2,1-2H3,(H,21,24). The zero-order chi connectivity index (χ0) is 18.0. The summed E-state index contributed by atoms with van der Waals surface area (Å²) in [4.78, 5) is 29.5. The summed E-state index contributed by atoms with van der Waals surface area (Å²) >= 11 is 6.06. The summed E-state index contributed by atoms with van der Waals surface area (Å²) in [5, 5.41) is 3.70. The number of nitrogens with one attached hydrogen (secondary N) is 1. The molecule has 1 aliphatic heterocycles. The molecule has 1 saturated carbocycles. The lowest BCUT2D eigenvalue weighted by molar-refractivity contribution is -0.144. The molecule has 5 nitrogen and oxygen atoms in total. The first-order chi connectivity index (χ1) is 12.0. The van der Waals surface area contributed by atoms with Gasteiger partial charge in [0.05, 0.1) is 0 Å². The number of nitrogens with zero attached hydrogens (tertiary/aromatic N) is 2. The molecule has 1 aromatic rings. The summed E-state index contributed by atoms with van der Waals surface area (Å²) in [6, 6.07) is 7.88. The van der Waals surface area contributed by atoms with Crippen molar-refractivity contribution in [3.8, 4) is 0 Å². The summed E-state index contributed by atoms with van der Waals surface area (Å²) in [5.41, 5.74) is 0.275. The summed E-state index contributed by atoms with van der Waals surface area (Å²) in [6.45, 7) is 6.81. The lowest BCUT2D eigenvalue weighted by Crippen LogP contribution is -2.53. The maximum Gasteiger partial charge on any atom is 0.238 e. The quantitative estimate of drug-likeness (QED) is 0.818. The highest BCUT2D eigenvalue weighted by molar-refractivity contribution is 6.30. The fraction of sp³-hybridized carbons (Fsp3) is 0.579. The van der Waals surface area contributed by atoms with E-state index in [1.807, 2.05) is 43.0 Å². The van der Waals surface area contributed by atoms with Crippen molar-refractivity contribution >= 4 is 29.1 Å². The number of carbonyl (C=O) groups is 2. The molecule has 2 amide bonds. The molecule has 6 heteroatoms. The third-order valence-corrected chi connectivity index (χ3v) is 5.56. The second-order valence-electron chi connectivity index (χ2n) is 7.12. The minimum atomic E-state index is -0.804. The van der Waals surface area contributed by atoms with Crippen LogP contribution in [0.2, 0.25) is 5.02 Å². The third-order valence-electron chi connectivity index (χ3n) is 5.32. The van der Waals surface area contributed by atoms with Gasteiger partial charge in [-0.2, -0.15) is 0 Å². The highest BCUT2D eigenvalue weighted by Crippen LogP contribution is 2.47. The van der Waals surface area contributed by atoms with Crippen molar-refractivity contribution in [3.63, 3.8) is 0 Å². The number of anilines is 1. The number of amides is 2. The Hall–Kier alpha value is -1.75. The Balaban J connectivity index is 1.59. The Morgan fingerprint density at radius 2 is 1.92 bits per heavy atom. The lowest BCUT2D eigenvalue weighted by atomic mass is 10.0. The molecule has 25 heavy (non-hydrogen) atoms. The molecule has 136 valence electrons. The highest BCUT2D eigenvalue weighted by atomic mass is 35.5. The number of halogens is 1. The summed E-state index contributed by atoms with van der Waals surface area (Å²) in [7, 11) is 0. The van der Waals surface area contributed by atoms with Gasteiger partial charge in [0.25, 0.3) is 0 Å². The van der Waals surface area contributed by atoms with Gasteiger partial charge in [-0.3, -0.25) is 9.59 Å². The largest absolute Gasteiger partial charge is 0.368 e. The van der Waals surface area contributed by atoms with Gasteiger partial charge < -0.3 is 15.1 Å². The van der Waals surface area contributed by atoms with Gasteiger partial charge in [-0.05, 0) is 44.4 Å². The van der Waals surface area contributed by atoms with Crippen molar-refractivity contribution in [2.24, 2.45) is 5.41 Å². The van der Waals surface area contributed by atoms with E-state index in [9.17, 15) is 9.59 Å². The molecule has 1 aliphatic carbocycles. The number of hydrogen-bond donors (Lipinski definition) is 1. The van der Waals surface area contributed by atoms with Gasteiger partial charge in [-0.1, -0.05) is 24.6 Å². The smallest absolute Gasteiger partial charge is 0.238 e. The third kappa shape index (κ3) is 3.76. The van der Waals surface area contributed by atoms with E-state index in [1.54, 1.807) is 0 Å². The molecule has 1 atom stereocenters. The first-order valence-electron chi connectivity index (χ1n) is 9.07. The Morgan fingerprint density at radius 1 is 1.24 bits per heavy atom. The lowest BCUT2D eigenvalue weighted by Gasteiger charge is -2.37. The van der Waals surface area contributed by atoms with E-state index in [2.05, 4.69) is 10.2 Å². The average molecular weight is 364 g/mol. The minimum Gasteiger partial charge on any atom is -0.368 e. The highest BCUT2D eigenvalue weighted by Gasteiger charge is 2.58. The maximum atomic E-state index is 12.9. The van der Waals surface area contributed by atoms with Crippen LogP contribution in [0.5, 0.6) is 0 Å². The van der Waals surface area contributed by atoms with Crippen LogP contribution in [0.25, 0.3) is 0 Å². The van der Waals surface area contributed by atoms with Crippen LogP contribution in [0.15, 0.2) is 24.3 Å². The molecule has 0 aromatic heterocycles. The van der Waals surface area contributed by atoms with Crippen molar-refractivity contribution in [2.75, 3.05) is 31.1 Å². The first kappa shape index (κ1) is 18.1. The molecule has 0 spiro atoms. The van der Waals surface area contributed by atoms with Crippen LogP contribution in [-0.4, -0.2) is 48.9 Å². The molecule has 1 N–H and O–H groups in total. The second-order valence-corrected chi connectivity index (χ2v) is 7.56. The molecule has 1 heterocycles. The number of benzene rings is 1. The zero-order valence-electron chi connectivity index (χ0n) is 14.9. The van der Waals surface area contributed by atoms with Crippen molar-refractivity contribution in [1.29, 1.82) is 0 Å². The first-order valence-corrected chi connectivity index (χ1v) is 9.45. The maximum absolute atomic E-state index is 12.9. The van der Waals surface area contributed by atoms with Gasteiger partial charge in [0.15, 0.2) is 0 Å². The molecule has 2 fully saturated rings. The van der Waals surface area contributed by atoms with E-state index < -0.39 is 5.41 Å². The second kappa shape index (κ2) is 7.24. The number of piperazine rings is 1. The van der Waals surface area contributed by atoms with Gasteiger partial charge in [-0.15, -0.1) is 0 Å². The van der Waals surface area contributed by atoms with E-state index in [0.29, 0.717) is 25.9 Å². The molecular formula is C19H26ClN3O2. The molecular weight excluding hydrogens is 338 g/mol. The molecule has 0 bridgehead atoms. The zero-order valence-corrected chi connectivity index (χ0v) is 15.7. The molecule has 3 rings (SSSR count). The number of rotatable bonds is 5. The van der Waals surface area contributed by atoms with Crippen molar-refractivity contribution in [1.82, 2.24) is 10.2 Å². The monoisotopic (exact) mass is 363 g/mol. The van der Waals surface area contributed by atoms with E-state index in [0.717, 1.165) is 30.2 Å². The summed E-state index contributed by atoms with van der Waals surface area (Å²) in [5.74, 6) is -0.0943. The topological polar surface area (TPSA) is 52.7 Å². The van der Waals surface area contributed by atoms with Crippen LogP contribution in [0.4, 0.5) is 5.69 Å². The van der Waals surface area contributed by atoms with Crippen molar-refractivity contribution < 1.29 is 9.59 Å². The summed E-state index contributed by atoms with van der Waals surface area (Å²) < 4.78 is 0. The van der Waals surface area contributed by atoms with Gasteiger partial charge in [0.1, 0.15) is 5.41 Å². The Morgan fingerprint density at radius 3 is 2.48 bits per heavy atom. The van der Waals surface area contributed by atoms with Gasteiger partial charge in [0.2, 0.25) is 11.8 Å². The Bertz CT molecular complexity index is 652. The van der Waals surface area contributed by atoms with Gasteiger partial charge >= 0.3 is 0 Å². The predicted octanol–water partition coefficient (Wildman–Crippen LogP) is 2.68. The van der Waals surface area contributed by atoms with Crippen LogP contribution in [0, 0.1) is 5.41 Å². The molecule has 0 radical (unpaired) electrons. The van der Waals surface area contributed by atoms with Gasteiger partial charge in [0, 0.05) is 42.9 Å². The van der Waals surface area contributed by atoms with Crippen molar-refractivity contribution in [3.05, 3.63) is 29.3 Å². The fourth-order valence-electron chi connectivity index (χ4n) is 3.27. The van der Waals surface area contributed by atoms with Crippen LogP contribution >= 0.6 is 11.6 Å².